The zero-order valence-corrected chi connectivity index (χ0v) is 6.18. The Morgan fingerprint density at radius 2 is 1.73 bits per heavy atom. The van der Waals surface area contributed by atoms with Gasteiger partial charge >= 0.3 is 0 Å². The summed E-state index contributed by atoms with van der Waals surface area (Å²) in [6.45, 7) is 0. The SMILES string of the molecule is Cl.O=[N+]([O-])c1ccc(F)cc1. The van der Waals surface area contributed by atoms with Crippen LogP contribution in [-0.4, -0.2) is 4.92 Å². The predicted octanol–water partition coefficient (Wildman–Crippen LogP) is 2.16. The number of halogens is 2. The lowest BCUT2D eigenvalue weighted by atomic mass is 10.3. The normalized spacial score (nSPS) is 8.45. The van der Waals surface area contributed by atoms with Crippen LogP contribution in [0.4, 0.5) is 10.1 Å². The quantitative estimate of drug-likeness (QED) is 0.487. The first-order valence-corrected chi connectivity index (χ1v) is 2.60. The summed E-state index contributed by atoms with van der Waals surface area (Å²) in [5, 5.41) is 10.00. The fourth-order valence-corrected chi connectivity index (χ4v) is 0.563. The minimum absolute atomic E-state index is 0. The first kappa shape index (κ1) is 9.84. The van der Waals surface area contributed by atoms with Crippen LogP contribution in [0.25, 0.3) is 0 Å². The molecule has 0 amide bonds. The molecule has 0 aliphatic rings. The van der Waals surface area contributed by atoms with E-state index in [0.717, 1.165) is 24.3 Å². The highest BCUT2D eigenvalue weighted by Crippen LogP contribution is 2.09. The van der Waals surface area contributed by atoms with E-state index in [4.69, 9.17) is 0 Å². The lowest BCUT2D eigenvalue weighted by Crippen LogP contribution is -1.86. The van der Waals surface area contributed by atoms with Crippen molar-refractivity contribution in [2.24, 2.45) is 0 Å². The van der Waals surface area contributed by atoms with E-state index in [0.29, 0.717) is 0 Å². The molecule has 0 atom stereocenters. The van der Waals surface area contributed by atoms with Crippen molar-refractivity contribution in [2.45, 2.75) is 0 Å². The van der Waals surface area contributed by atoms with Gasteiger partial charge in [-0.05, 0) is 12.1 Å². The average molecular weight is 178 g/mol. The molecular weight excluding hydrogens is 173 g/mol. The number of rotatable bonds is 1. The van der Waals surface area contributed by atoms with Gasteiger partial charge in [-0.1, -0.05) is 0 Å². The lowest BCUT2D eigenvalue weighted by Gasteiger charge is -1.87. The Morgan fingerprint density at radius 3 is 2.09 bits per heavy atom. The fourth-order valence-electron chi connectivity index (χ4n) is 0.563. The zero-order valence-electron chi connectivity index (χ0n) is 5.36. The Balaban J connectivity index is 0.000001000. The number of nitro benzene ring substituents is 1. The van der Waals surface area contributed by atoms with Gasteiger partial charge in [0.25, 0.3) is 5.69 Å². The Kier molecular flexibility index (Phi) is 3.47. The molecule has 0 heterocycles. The molecule has 60 valence electrons. The van der Waals surface area contributed by atoms with E-state index in [-0.39, 0.29) is 18.1 Å². The van der Waals surface area contributed by atoms with E-state index in [1.54, 1.807) is 0 Å². The van der Waals surface area contributed by atoms with Crippen molar-refractivity contribution in [2.75, 3.05) is 0 Å². The van der Waals surface area contributed by atoms with Crippen LogP contribution >= 0.6 is 12.4 Å². The summed E-state index contributed by atoms with van der Waals surface area (Å²) >= 11 is 0. The van der Waals surface area contributed by atoms with E-state index >= 15 is 0 Å². The summed E-state index contributed by atoms with van der Waals surface area (Å²) < 4.78 is 12.1. The lowest BCUT2D eigenvalue weighted by molar-refractivity contribution is -0.384. The molecule has 0 saturated carbocycles. The van der Waals surface area contributed by atoms with Crippen LogP contribution < -0.4 is 0 Å². The number of nitro groups is 1. The van der Waals surface area contributed by atoms with Crippen molar-refractivity contribution in [3.63, 3.8) is 0 Å². The van der Waals surface area contributed by atoms with Gasteiger partial charge in [-0.2, -0.15) is 0 Å². The summed E-state index contributed by atoms with van der Waals surface area (Å²) in [6, 6.07) is 4.35. The molecule has 0 spiro atoms. The van der Waals surface area contributed by atoms with Gasteiger partial charge in [0, 0.05) is 12.1 Å². The number of non-ortho nitro benzene ring substituents is 1. The Morgan fingerprint density at radius 1 is 1.27 bits per heavy atom. The summed E-state index contributed by atoms with van der Waals surface area (Å²) in [6.07, 6.45) is 0. The van der Waals surface area contributed by atoms with Crippen LogP contribution in [0, 0.1) is 15.9 Å². The third-order valence-electron chi connectivity index (χ3n) is 1.04. The highest BCUT2D eigenvalue weighted by molar-refractivity contribution is 5.85. The third-order valence-corrected chi connectivity index (χ3v) is 1.04. The molecule has 1 aromatic rings. The predicted molar refractivity (Wildman–Crippen MR) is 40.3 cm³/mol. The fraction of sp³-hybridized carbons (Fsp3) is 0. The van der Waals surface area contributed by atoms with Gasteiger partial charge in [-0.25, -0.2) is 4.39 Å². The second kappa shape index (κ2) is 3.88. The monoisotopic (exact) mass is 177 g/mol. The van der Waals surface area contributed by atoms with Crippen LogP contribution in [-0.2, 0) is 0 Å². The van der Waals surface area contributed by atoms with Gasteiger partial charge in [0.15, 0.2) is 0 Å². The smallest absolute Gasteiger partial charge is 0.258 e. The second-order valence-electron chi connectivity index (χ2n) is 1.73. The molecule has 3 nitrogen and oxygen atoms in total. The molecule has 0 aromatic heterocycles. The highest BCUT2D eigenvalue weighted by atomic mass is 35.5. The first-order chi connectivity index (χ1) is 4.70. The Bertz CT molecular complexity index is 249. The van der Waals surface area contributed by atoms with Crippen LogP contribution in [0.5, 0.6) is 0 Å². The molecule has 11 heavy (non-hydrogen) atoms. The number of hydrogen-bond donors (Lipinski definition) is 0. The molecule has 1 rings (SSSR count). The molecule has 0 aliphatic carbocycles. The van der Waals surface area contributed by atoms with Crippen LogP contribution in [0.1, 0.15) is 0 Å². The van der Waals surface area contributed by atoms with E-state index in [1.165, 1.54) is 0 Å². The molecular formula is C6H5ClFNO2. The van der Waals surface area contributed by atoms with Crippen molar-refractivity contribution in [3.05, 3.63) is 40.2 Å². The van der Waals surface area contributed by atoms with E-state index < -0.39 is 10.7 Å². The van der Waals surface area contributed by atoms with Crippen LogP contribution in [0.15, 0.2) is 24.3 Å². The van der Waals surface area contributed by atoms with E-state index in [2.05, 4.69) is 0 Å². The van der Waals surface area contributed by atoms with Gasteiger partial charge < -0.3 is 0 Å². The molecule has 0 saturated heterocycles. The van der Waals surface area contributed by atoms with Gasteiger partial charge in [-0.3, -0.25) is 10.1 Å². The van der Waals surface area contributed by atoms with Crippen LogP contribution in [0.3, 0.4) is 0 Å². The average Bonchev–Trinajstić information content (AvgIpc) is 1.88. The summed E-state index contributed by atoms with van der Waals surface area (Å²) in [5.41, 5.74) is -0.0959. The molecule has 1 aromatic carbocycles. The Labute approximate surface area is 68.4 Å². The molecule has 0 radical (unpaired) electrons. The van der Waals surface area contributed by atoms with Gasteiger partial charge in [0.05, 0.1) is 4.92 Å². The van der Waals surface area contributed by atoms with Crippen molar-refractivity contribution in [3.8, 4) is 0 Å². The topological polar surface area (TPSA) is 43.1 Å². The van der Waals surface area contributed by atoms with Gasteiger partial charge in [-0.15, -0.1) is 12.4 Å². The number of benzene rings is 1. The minimum atomic E-state index is -0.570. The van der Waals surface area contributed by atoms with Crippen molar-refractivity contribution >= 4 is 18.1 Å². The summed E-state index contributed by atoms with van der Waals surface area (Å²) in [7, 11) is 0. The third kappa shape index (κ3) is 2.51. The molecule has 0 N–H and O–H groups in total. The van der Waals surface area contributed by atoms with Crippen molar-refractivity contribution in [1.29, 1.82) is 0 Å². The van der Waals surface area contributed by atoms with Crippen molar-refractivity contribution < 1.29 is 9.31 Å². The largest absolute Gasteiger partial charge is 0.269 e. The molecule has 0 bridgehead atoms. The molecule has 5 heteroatoms. The minimum Gasteiger partial charge on any atom is -0.258 e. The Hall–Kier alpha value is -1.16. The molecule has 0 aliphatic heterocycles. The summed E-state index contributed by atoms with van der Waals surface area (Å²) in [4.78, 5) is 9.43. The van der Waals surface area contributed by atoms with Gasteiger partial charge in [0.2, 0.25) is 0 Å². The standard InChI is InChI=1S/C6H4FNO2.ClH/c7-5-1-3-6(4-2-5)8(9)10;/h1-4H;1H. The maximum Gasteiger partial charge on any atom is 0.269 e. The molecule has 0 fully saturated rings. The molecule has 0 unspecified atom stereocenters. The maximum atomic E-state index is 12.1. The van der Waals surface area contributed by atoms with Gasteiger partial charge in [0.1, 0.15) is 5.82 Å². The maximum absolute atomic E-state index is 12.1. The van der Waals surface area contributed by atoms with Crippen LogP contribution in [0.2, 0.25) is 0 Å². The number of nitrogens with zero attached hydrogens (tertiary/aromatic N) is 1. The van der Waals surface area contributed by atoms with E-state index in [1.807, 2.05) is 0 Å². The summed E-state index contributed by atoms with van der Waals surface area (Å²) in [5.74, 6) is -0.467. The number of hydrogen-bond acceptors (Lipinski definition) is 2. The van der Waals surface area contributed by atoms with Crippen molar-refractivity contribution in [1.82, 2.24) is 0 Å². The second-order valence-corrected chi connectivity index (χ2v) is 1.73. The first-order valence-electron chi connectivity index (χ1n) is 2.60. The zero-order chi connectivity index (χ0) is 7.56. The highest BCUT2D eigenvalue weighted by Gasteiger charge is 2.01. The van der Waals surface area contributed by atoms with E-state index in [9.17, 15) is 14.5 Å².